The van der Waals surface area contributed by atoms with E-state index >= 15 is 0 Å². The van der Waals surface area contributed by atoms with Crippen molar-refractivity contribution in [2.45, 2.75) is 6.92 Å². The van der Waals surface area contributed by atoms with E-state index in [1.54, 1.807) is 30.4 Å². The van der Waals surface area contributed by atoms with Crippen LogP contribution in [0.3, 0.4) is 0 Å². The molecule has 2 aliphatic heterocycles. The molecule has 2 saturated heterocycles. The highest BCUT2D eigenvalue weighted by Crippen LogP contribution is 2.36. The van der Waals surface area contributed by atoms with Crippen LogP contribution in [0.15, 0.2) is 24.7 Å². The van der Waals surface area contributed by atoms with Crippen molar-refractivity contribution >= 4 is 50.1 Å². The minimum Gasteiger partial charge on any atom is -0.378 e. The molecule has 6 heterocycles. The zero-order valence-electron chi connectivity index (χ0n) is 19.2. The van der Waals surface area contributed by atoms with Crippen LogP contribution in [0.25, 0.3) is 32.5 Å². The third-order valence-electron chi connectivity index (χ3n) is 6.49. The molecule has 4 aromatic heterocycles. The number of pyridine rings is 1. The number of anilines is 1. The second kappa shape index (κ2) is 8.86. The molecule has 0 saturated carbocycles. The van der Waals surface area contributed by atoms with Crippen molar-refractivity contribution < 1.29 is 14.3 Å². The normalized spacial score (nSPS) is 16.9. The predicted molar refractivity (Wildman–Crippen MR) is 131 cm³/mol. The molecule has 0 spiro atoms. The minimum atomic E-state index is -0.0377. The zero-order valence-corrected chi connectivity index (χ0v) is 20.0. The van der Waals surface area contributed by atoms with Gasteiger partial charge in [0, 0.05) is 63.3 Å². The van der Waals surface area contributed by atoms with Gasteiger partial charge in [0.1, 0.15) is 0 Å². The van der Waals surface area contributed by atoms with Gasteiger partial charge in [0.25, 0.3) is 5.91 Å². The Balaban J connectivity index is 1.41. The number of carbonyl (C=O) groups excluding carboxylic acids is 2. The smallest absolute Gasteiger partial charge is 0.264 e. The molecule has 2 aliphatic rings. The quantitative estimate of drug-likeness (QED) is 0.459. The SMILES string of the molecule is CC(=O)N1CCN(C(=O)c2cc3nc(-c4cncc5[nH]ncc45)nc(N4CCOCC4)c3s2)CC1. The Kier molecular flexibility index (Phi) is 5.53. The lowest BCUT2D eigenvalue weighted by atomic mass is 10.2. The summed E-state index contributed by atoms with van der Waals surface area (Å²) in [7, 11) is 0. The molecule has 0 atom stereocenters. The second-order valence-corrected chi connectivity index (χ2v) is 9.66. The van der Waals surface area contributed by atoms with Gasteiger partial charge in [-0.15, -0.1) is 11.3 Å². The van der Waals surface area contributed by atoms with E-state index in [1.165, 1.54) is 11.3 Å². The lowest BCUT2D eigenvalue weighted by Crippen LogP contribution is -2.49. The lowest BCUT2D eigenvalue weighted by Gasteiger charge is -2.33. The first-order chi connectivity index (χ1) is 17.1. The Labute approximate surface area is 204 Å². The van der Waals surface area contributed by atoms with Crippen LogP contribution >= 0.6 is 11.3 Å². The molecule has 0 unspecified atom stereocenters. The first-order valence-corrected chi connectivity index (χ1v) is 12.4. The first-order valence-electron chi connectivity index (χ1n) is 11.5. The fourth-order valence-corrected chi connectivity index (χ4v) is 5.64. The van der Waals surface area contributed by atoms with Crippen LogP contribution in [0.5, 0.6) is 0 Å². The largest absolute Gasteiger partial charge is 0.378 e. The maximum absolute atomic E-state index is 13.4. The van der Waals surface area contributed by atoms with E-state index in [-0.39, 0.29) is 11.8 Å². The molecule has 1 N–H and O–H groups in total. The zero-order chi connectivity index (χ0) is 23.9. The molecule has 0 bridgehead atoms. The Morgan fingerprint density at radius 2 is 1.77 bits per heavy atom. The summed E-state index contributed by atoms with van der Waals surface area (Å²) in [5.74, 6) is 1.35. The van der Waals surface area contributed by atoms with Crippen LogP contribution in [-0.4, -0.2) is 99.2 Å². The molecular weight excluding hydrogens is 468 g/mol. The number of H-pyrrole nitrogens is 1. The van der Waals surface area contributed by atoms with Gasteiger partial charge in [0.05, 0.1) is 46.2 Å². The number of hydrogen-bond donors (Lipinski definition) is 1. The average molecular weight is 493 g/mol. The molecule has 180 valence electrons. The average Bonchev–Trinajstić information content (AvgIpc) is 3.55. The maximum Gasteiger partial charge on any atom is 0.264 e. The standard InChI is InChI=1S/C23H24N8O3S/c1-14(32)29-2-4-31(5-3-29)23(33)19-10-17-20(35-19)22(30-6-8-34-9-7-30)27-21(26-17)16-11-24-13-18-15(16)12-25-28-18/h10-13H,2-9H2,1H3,(H,25,28). The van der Waals surface area contributed by atoms with Gasteiger partial charge in [0.2, 0.25) is 5.91 Å². The number of aromatic nitrogens is 5. The number of ether oxygens (including phenoxy) is 1. The number of nitrogens with zero attached hydrogens (tertiary/aromatic N) is 7. The number of morpholine rings is 1. The van der Waals surface area contributed by atoms with Gasteiger partial charge < -0.3 is 19.4 Å². The highest BCUT2D eigenvalue weighted by molar-refractivity contribution is 7.21. The molecule has 11 nitrogen and oxygen atoms in total. The second-order valence-electron chi connectivity index (χ2n) is 8.61. The molecule has 2 amide bonds. The lowest BCUT2D eigenvalue weighted by molar-refractivity contribution is -0.130. The Morgan fingerprint density at radius 3 is 2.54 bits per heavy atom. The number of fused-ring (bicyclic) bond motifs is 2. The van der Waals surface area contributed by atoms with E-state index < -0.39 is 0 Å². The number of thiophene rings is 1. The van der Waals surface area contributed by atoms with Crippen molar-refractivity contribution in [2.75, 3.05) is 57.4 Å². The molecule has 12 heteroatoms. The molecular formula is C23H24N8O3S. The fraction of sp³-hybridized carbons (Fsp3) is 0.391. The monoisotopic (exact) mass is 492 g/mol. The highest BCUT2D eigenvalue weighted by atomic mass is 32.1. The summed E-state index contributed by atoms with van der Waals surface area (Å²) in [6.45, 7) is 6.39. The summed E-state index contributed by atoms with van der Waals surface area (Å²) in [6, 6.07) is 1.86. The minimum absolute atomic E-state index is 0.0377. The van der Waals surface area contributed by atoms with Crippen LogP contribution in [0.2, 0.25) is 0 Å². The van der Waals surface area contributed by atoms with Crippen molar-refractivity contribution in [1.82, 2.24) is 34.9 Å². The summed E-state index contributed by atoms with van der Waals surface area (Å²) in [5, 5.41) is 7.97. The highest BCUT2D eigenvalue weighted by Gasteiger charge is 2.27. The van der Waals surface area contributed by atoms with Crippen LogP contribution in [0, 0.1) is 0 Å². The van der Waals surface area contributed by atoms with Gasteiger partial charge in [0.15, 0.2) is 11.6 Å². The van der Waals surface area contributed by atoms with Crippen molar-refractivity contribution in [3.05, 3.63) is 29.5 Å². The van der Waals surface area contributed by atoms with Crippen LogP contribution in [0.4, 0.5) is 5.82 Å². The Morgan fingerprint density at radius 1 is 1.00 bits per heavy atom. The summed E-state index contributed by atoms with van der Waals surface area (Å²) >= 11 is 1.42. The molecule has 0 aliphatic carbocycles. The number of amides is 2. The van der Waals surface area contributed by atoms with Gasteiger partial charge in [-0.3, -0.25) is 19.7 Å². The first kappa shape index (κ1) is 21.9. The fourth-order valence-electron chi connectivity index (χ4n) is 4.55. The number of nitrogens with one attached hydrogen (secondary N) is 1. The van der Waals surface area contributed by atoms with E-state index in [0.29, 0.717) is 63.2 Å². The van der Waals surface area contributed by atoms with E-state index in [4.69, 9.17) is 14.7 Å². The van der Waals surface area contributed by atoms with E-state index in [1.807, 2.05) is 11.0 Å². The van der Waals surface area contributed by atoms with Gasteiger partial charge >= 0.3 is 0 Å². The summed E-state index contributed by atoms with van der Waals surface area (Å²) in [5.41, 5.74) is 2.32. The van der Waals surface area contributed by atoms with Crippen molar-refractivity contribution in [1.29, 1.82) is 0 Å². The number of rotatable bonds is 3. The van der Waals surface area contributed by atoms with E-state index in [9.17, 15) is 9.59 Å². The van der Waals surface area contributed by atoms with Crippen LogP contribution in [-0.2, 0) is 9.53 Å². The van der Waals surface area contributed by atoms with E-state index in [2.05, 4.69) is 20.1 Å². The topological polar surface area (TPSA) is 120 Å². The van der Waals surface area contributed by atoms with Gasteiger partial charge in [-0.2, -0.15) is 5.10 Å². The van der Waals surface area contributed by atoms with Crippen LogP contribution < -0.4 is 4.90 Å². The molecule has 35 heavy (non-hydrogen) atoms. The number of piperazine rings is 1. The van der Waals surface area contributed by atoms with Gasteiger partial charge in [-0.05, 0) is 6.07 Å². The van der Waals surface area contributed by atoms with Gasteiger partial charge in [-0.25, -0.2) is 9.97 Å². The summed E-state index contributed by atoms with van der Waals surface area (Å²) < 4.78 is 6.43. The number of carbonyl (C=O) groups is 2. The molecule has 0 aromatic carbocycles. The Hall–Kier alpha value is -3.64. The third-order valence-corrected chi connectivity index (χ3v) is 7.60. The molecule has 4 aromatic rings. The number of hydrogen-bond acceptors (Lipinski definition) is 9. The van der Waals surface area contributed by atoms with Crippen molar-refractivity contribution in [2.24, 2.45) is 0 Å². The number of aromatic amines is 1. The predicted octanol–water partition coefficient (Wildman–Crippen LogP) is 1.77. The van der Waals surface area contributed by atoms with Crippen LogP contribution in [0.1, 0.15) is 16.6 Å². The maximum atomic E-state index is 13.4. The molecule has 2 fully saturated rings. The summed E-state index contributed by atoms with van der Waals surface area (Å²) in [6.07, 6.45) is 5.22. The van der Waals surface area contributed by atoms with E-state index in [0.717, 1.165) is 32.5 Å². The summed E-state index contributed by atoms with van der Waals surface area (Å²) in [4.78, 5) is 45.5. The van der Waals surface area contributed by atoms with Crippen molar-refractivity contribution in [3.63, 3.8) is 0 Å². The van der Waals surface area contributed by atoms with Gasteiger partial charge in [-0.1, -0.05) is 0 Å². The molecule has 6 rings (SSSR count). The Bertz CT molecular complexity index is 1420. The molecule has 0 radical (unpaired) electrons. The third kappa shape index (κ3) is 3.98. The van der Waals surface area contributed by atoms with Crippen molar-refractivity contribution in [3.8, 4) is 11.4 Å².